The van der Waals surface area contributed by atoms with Gasteiger partial charge in [0.25, 0.3) is 0 Å². The highest BCUT2D eigenvalue weighted by Gasteiger charge is 2.19. The lowest BCUT2D eigenvalue weighted by Crippen LogP contribution is -2.05. The number of ether oxygens (including phenoxy) is 5. The summed E-state index contributed by atoms with van der Waals surface area (Å²) in [6.45, 7) is 0. The van der Waals surface area contributed by atoms with Crippen LogP contribution in [0.15, 0.2) is 36.4 Å². The van der Waals surface area contributed by atoms with Crippen molar-refractivity contribution in [2.75, 3.05) is 35.5 Å². The van der Waals surface area contributed by atoms with E-state index in [1.54, 1.807) is 25.3 Å². The summed E-state index contributed by atoms with van der Waals surface area (Å²) in [6.07, 6.45) is 1.72. The minimum absolute atomic E-state index is 0.347. The Kier molecular flexibility index (Phi) is 6.49. The Morgan fingerprint density at radius 2 is 1.50 bits per heavy atom. The average molecular weight is 358 g/mol. The molecule has 0 aromatic heterocycles. The highest BCUT2D eigenvalue weighted by Crippen LogP contribution is 2.40. The minimum atomic E-state index is -0.484. The van der Waals surface area contributed by atoms with Crippen LogP contribution in [-0.2, 0) is 9.53 Å². The second-order valence-corrected chi connectivity index (χ2v) is 5.24. The Bertz CT molecular complexity index is 785. The van der Waals surface area contributed by atoms with Crippen LogP contribution < -0.4 is 18.9 Å². The Balaban J connectivity index is 2.64. The van der Waals surface area contributed by atoms with Gasteiger partial charge in [0.2, 0.25) is 5.75 Å². The third-order valence-electron chi connectivity index (χ3n) is 3.79. The number of carbonyl (C=O) groups excluding carboxylic acids is 1. The second-order valence-electron chi connectivity index (χ2n) is 5.24. The third kappa shape index (κ3) is 4.08. The highest BCUT2D eigenvalue weighted by molar-refractivity contribution is 6.21. The van der Waals surface area contributed by atoms with E-state index in [2.05, 4.69) is 0 Å². The van der Waals surface area contributed by atoms with Gasteiger partial charge in [-0.3, -0.25) is 0 Å². The van der Waals surface area contributed by atoms with E-state index in [0.29, 0.717) is 34.1 Å². The fraction of sp³-hybridized carbons (Fsp3) is 0.250. The summed E-state index contributed by atoms with van der Waals surface area (Å²) in [5, 5.41) is 0. The molecule has 0 amide bonds. The zero-order valence-corrected chi connectivity index (χ0v) is 15.5. The number of hydrogen-bond acceptors (Lipinski definition) is 6. The fourth-order valence-electron chi connectivity index (χ4n) is 2.50. The molecule has 2 aromatic carbocycles. The van der Waals surface area contributed by atoms with E-state index in [0.717, 1.165) is 5.56 Å². The number of hydrogen-bond donors (Lipinski definition) is 0. The molecule has 2 aromatic rings. The van der Waals surface area contributed by atoms with Gasteiger partial charge < -0.3 is 23.7 Å². The molecule has 0 N–H and O–H groups in total. The summed E-state index contributed by atoms with van der Waals surface area (Å²) in [6, 6.07) is 10.8. The van der Waals surface area contributed by atoms with Gasteiger partial charge in [-0.2, -0.15) is 0 Å². The molecule has 0 atom stereocenters. The molecule has 0 radical (unpaired) electrons. The average Bonchev–Trinajstić information content (AvgIpc) is 2.70. The number of carbonyl (C=O) groups is 1. The zero-order valence-electron chi connectivity index (χ0n) is 15.5. The highest BCUT2D eigenvalue weighted by atomic mass is 16.5. The van der Waals surface area contributed by atoms with Crippen LogP contribution in [0.25, 0.3) is 11.6 Å². The van der Waals surface area contributed by atoms with Crippen LogP contribution >= 0.6 is 0 Å². The molecule has 0 aliphatic heterocycles. The Morgan fingerprint density at radius 1 is 0.846 bits per heavy atom. The molecule has 0 bridgehead atoms. The first-order valence-electron chi connectivity index (χ1n) is 7.82. The van der Waals surface area contributed by atoms with E-state index >= 15 is 0 Å². The molecule has 0 fully saturated rings. The molecule has 138 valence electrons. The van der Waals surface area contributed by atoms with E-state index in [-0.39, 0.29) is 0 Å². The maximum atomic E-state index is 12.4. The van der Waals surface area contributed by atoms with Gasteiger partial charge in [0.05, 0.1) is 41.1 Å². The predicted octanol–water partition coefficient (Wildman–Crippen LogP) is 3.43. The molecular weight excluding hydrogens is 336 g/mol. The van der Waals surface area contributed by atoms with Gasteiger partial charge in [0, 0.05) is 0 Å². The van der Waals surface area contributed by atoms with Crippen molar-refractivity contribution in [1.82, 2.24) is 0 Å². The van der Waals surface area contributed by atoms with E-state index in [9.17, 15) is 4.79 Å². The maximum Gasteiger partial charge on any atom is 0.338 e. The molecule has 6 nitrogen and oxygen atoms in total. The standard InChI is InChI=1S/C20H22O6/c1-22-15-8-6-7-13(9-15)10-16(20(21)26-5)14-11-17(23-2)19(25-4)18(12-14)24-3/h6-12H,1-5H3/b16-10+. The van der Waals surface area contributed by atoms with Gasteiger partial charge in [-0.05, 0) is 41.5 Å². The molecule has 0 aliphatic rings. The summed E-state index contributed by atoms with van der Waals surface area (Å²) in [4.78, 5) is 12.4. The first kappa shape index (κ1) is 19.2. The van der Waals surface area contributed by atoms with Gasteiger partial charge in [-0.15, -0.1) is 0 Å². The lowest BCUT2D eigenvalue weighted by Gasteiger charge is -2.15. The quantitative estimate of drug-likeness (QED) is 0.429. The van der Waals surface area contributed by atoms with Crippen molar-refractivity contribution in [2.24, 2.45) is 0 Å². The summed E-state index contributed by atoms with van der Waals surface area (Å²) in [5.41, 5.74) is 1.72. The normalized spacial score (nSPS) is 10.9. The first-order valence-corrected chi connectivity index (χ1v) is 7.82. The van der Waals surface area contributed by atoms with Crippen molar-refractivity contribution >= 4 is 17.6 Å². The summed E-state index contributed by atoms with van der Waals surface area (Å²) >= 11 is 0. The summed E-state index contributed by atoms with van der Waals surface area (Å²) in [7, 11) is 7.48. The molecule has 26 heavy (non-hydrogen) atoms. The van der Waals surface area contributed by atoms with Crippen LogP contribution in [0.2, 0.25) is 0 Å². The van der Waals surface area contributed by atoms with E-state index in [4.69, 9.17) is 23.7 Å². The smallest absolute Gasteiger partial charge is 0.338 e. The lowest BCUT2D eigenvalue weighted by atomic mass is 10.0. The maximum absolute atomic E-state index is 12.4. The van der Waals surface area contributed by atoms with Crippen LogP contribution in [0.4, 0.5) is 0 Å². The molecule has 0 spiro atoms. The molecule has 6 heteroatoms. The summed E-state index contributed by atoms with van der Waals surface area (Å²) < 4.78 is 26.2. The van der Waals surface area contributed by atoms with Gasteiger partial charge in [0.1, 0.15) is 5.75 Å². The second kappa shape index (κ2) is 8.80. The molecule has 0 unspecified atom stereocenters. The van der Waals surface area contributed by atoms with Gasteiger partial charge in [-0.1, -0.05) is 12.1 Å². The Hall–Kier alpha value is -3.15. The zero-order chi connectivity index (χ0) is 19.1. The Labute approximate surface area is 152 Å². The molecule has 0 aliphatic carbocycles. The molecule has 2 rings (SSSR count). The van der Waals surface area contributed by atoms with Crippen molar-refractivity contribution in [3.05, 3.63) is 47.5 Å². The van der Waals surface area contributed by atoms with Crippen LogP contribution in [0, 0.1) is 0 Å². The monoisotopic (exact) mass is 358 g/mol. The van der Waals surface area contributed by atoms with Crippen LogP contribution in [0.3, 0.4) is 0 Å². The van der Waals surface area contributed by atoms with Gasteiger partial charge in [0.15, 0.2) is 11.5 Å². The Morgan fingerprint density at radius 3 is 2.00 bits per heavy atom. The van der Waals surface area contributed by atoms with Gasteiger partial charge in [-0.25, -0.2) is 4.79 Å². The lowest BCUT2D eigenvalue weighted by molar-refractivity contribution is -0.133. The van der Waals surface area contributed by atoms with E-state index < -0.39 is 5.97 Å². The van der Waals surface area contributed by atoms with Crippen molar-refractivity contribution < 1.29 is 28.5 Å². The third-order valence-corrected chi connectivity index (χ3v) is 3.79. The van der Waals surface area contributed by atoms with E-state index in [1.807, 2.05) is 24.3 Å². The fourth-order valence-corrected chi connectivity index (χ4v) is 2.50. The molecule has 0 heterocycles. The van der Waals surface area contributed by atoms with Crippen molar-refractivity contribution in [3.63, 3.8) is 0 Å². The van der Waals surface area contributed by atoms with Crippen molar-refractivity contribution in [2.45, 2.75) is 0 Å². The van der Waals surface area contributed by atoms with Crippen LogP contribution in [-0.4, -0.2) is 41.5 Å². The largest absolute Gasteiger partial charge is 0.497 e. The van der Waals surface area contributed by atoms with Crippen LogP contribution in [0.1, 0.15) is 11.1 Å². The number of esters is 1. The molecule has 0 saturated heterocycles. The predicted molar refractivity (Wildman–Crippen MR) is 99.0 cm³/mol. The minimum Gasteiger partial charge on any atom is -0.497 e. The van der Waals surface area contributed by atoms with Gasteiger partial charge >= 0.3 is 5.97 Å². The first-order chi connectivity index (χ1) is 12.6. The molecular formula is C20H22O6. The SMILES string of the molecule is COC(=O)/C(=C/c1cccc(OC)c1)c1cc(OC)c(OC)c(OC)c1. The topological polar surface area (TPSA) is 63.2 Å². The number of rotatable bonds is 7. The van der Waals surface area contributed by atoms with Crippen molar-refractivity contribution in [3.8, 4) is 23.0 Å². The number of benzene rings is 2. The number of methoxy groups -OCH3 is 5. The van der Waals surface area contributed by atoms with E-state index in [1.165, 1.54) is 28.4 Å². The summed E-state index contributed by atoms with van der Waals surface area (Å²) in [5.74, 6) is 1.55. The van der Waals surface area contributed by atoms with Crippen molar-refractivity contribution in [1.29, 1.82) is 0 Å². The van der Waals surface area contributed by atoms with Crippen LogP contribution in [0.5, 0.6) is 23.0 Å². The molecule has 0 saturated carbocycles.